The van der Waals surface area contributed by atoms with Gasteiger partial charge in [-0.15, -0.1) is 11.3 Å². The van der Waals surface area contributed by atoms with E-state index in [4.69, 9.17) is 0 Å². The van der Waals surface area contributed by atoms with Crippen LogP contribution in [-0.2, 0) is 4.79 Å². The zero-order valence-electron chi connectivity index (χ0n) is 13.0. The molecule has 4 heteroatoms. The minimum atomic E-state index is -0.703. The Bertz CT molecular complexity index is 679. The van der Waals surface area contributed by atoms with Gasteiger partial charge in [-0.25, -0.2) is 0 Å². The van der Waals surface area contributed by atoms with E-state index >= 15 is 0 Å². The second-order valence-electron chi connectivity index (χ2n) is 5.96. The summed E-state index contributed by atoms with van der Waals surface area (Å²) < 4.78 is 0. The molecule has 0 amide bonds. The second-order valence-corrected chi connectivity index (χ2v) is 6.91. The average Bonchev–Trinajstić information content (AvgIpc) is 3.11. The van der Waals surface area contributed by atoms with Crippen LogP contribution in [0.4, 0.5) is 0 Å². The van der Waals surface area contributed by atoms with Gasteiger partial charge in [0.1, 0.15) is 6.04 Å². The molecule has 1 aromatic carbocycles. The largest absolute Gasteiger partial charge is 0.480 e. The topological polar surface area (TPSA) is 40.5 Å². The fourth-order valence-corrected chi connectivity index (χ4v) is 4.46. The predicted octanol–water partition coefficient (Wildman–Crippen LogP) is 4.00. The highest BCUT2D eigenvalue weighted by Gasteiger charge is 2.38. The highest BCUT2D eigenvalue weighted by Crippen LogP contribution is 2.39. The van der Waals surface area contributed by atoms with Gasteiger partial charge in [-0.05, 0) is 54.8 Å². The number of carboxylic acids is 1. The number of thiophene rings is 1. The van der Waals surface area contributed by atoms with Gasteiger partial charge in [0.2, 0.25) is 0 Å². The molecule has 1 aliphatic rings. The monoisotopic (exact) mass is 315 g/mol. The molecule has 3 nitrogen and oxygen atoms in total. The molecule has 2 aromatic rings. The lowest BCUT2D eigenvalue weighted by Gasteiger charge is -2.32. The van der Waals surface area contributed by atoms with E-state index in [-0.39, 0.29) is 12.1 Å². The Morgan fingerprint density at radius 1 is 1.27 bits per heavy atom. The van der Waals surface area contributed by atoms with Crippen molar-refractivity contribution in [3.05, 3.63) is 57.3 Å². The molecule has 1 saturated heterocycles. The first-order chi connectivity index (χ1) is 10.6. The van der Waals surface area contributed by atoms with Crippen molar-refractivity contribution in [2.75, 3.05) is 6.54 Å². The Morgan fingerprint density at radius 3 is 2.68 bits per heavy atom. The first kappa shape index (κ1) is 15.3. The Hall–Kier alpha value is -1.65. The summed E-state index contributed by atoms with van der Waals surface area (Å²) in [6.45, 7) is 5.06. The SMILES string of the molecule is Cc1ccccc1C(c1sccc1C)N1CCCC1C(=O)O. The highest BCUT2D eigenvalue weighted by molar-refractivity contribution is 7.10. The number of carboxylic acid groups (broad SMARTS) is 1. The van der Waals surface area contributed by atoms with E-state index in [9.17, 15) is 9.90 Å². The summed E-state index contributed by atoms with van der Waals surface area (Å²) in [5.41, 5.74) is 3.69. The molecular weight excluding hydrogens is 294 g/mol. The minimum absolute atomic E-state index is 0.0461. The van der Waals surface area contributed by atoms with Gasteiger partial charge in [0.15, 0.2) is 0 Å². The van der Waals surface area contributed by atoms with E-state index in [1.807, 2.05) is 12.1 Å². The number of benzene rings is 1. The van der Waals surface area contributed by atoms with Crippen molar-refractivity contribution < 1.29 is 9.90 Å². The van der Waals surface area contributed by atoms with Gasteiger partial charge in [0.05, 0.1) is 6.04 Å². The molecule has 1 fully saturated rings. The van der Waals surface area contributed by atoms with E-state index < -0.39 is 5.97 Å². The van der Waals surface area contributed by atoms with Crippen LogP contribution in [0.15, 0.2) is 35.7 Å². The summed E-state index contributed by atoms with van der Waals surface area (Å²) in [7, 11) is 0. The number of rotatable bonds is 4. The molecule has 0 radical (unpaired) electrons. The van der Waals surface area contributed by atoms with Crippen molar-refractivity contribution in [1.29, 1.82) is 0 Å². The van der Waals surface area contributed by atoms with Crippen molar-refractivity contribution >= 4 is 17.3 Å². The van der Waals surface area contributed by atoms with Gasteiger partial charge < -0.3 is 5.11 Å². The Balaban J connectivity index is 2.10. The maximum atomic E-state index is 11.6. The second kappa shape index (κ2) is 6.23. The molecule has 22 heavy (non-hydrogen) atoms. The molecule has 2 atom stereocenters. The fourth-order valence-electron chi connectivity index (χ4n) is 3.39. The maximum Gasteiger partial charge on any atom is 0.320 e. The van der Waals surface area contributed by atoms with E-state index in [1.54, 1.807) is 11.3 Å². The number of carbonyl (C=O) groups is 1. The van der Waals surface area contributed by atoms with Crippen LogP contribution >= 0.6 is 11.3 Å². The van der Waals surface area contributed by atoms with Crippen molar-refractivity contribution in [3.63, 3.8) is 0 Å². The zero-order valence-corrected chi connectivity index (χ0v) is 13.8. The number of aryl methyl sites for hydroxylation is 2. The molecule has 2 heterocycles. The molecule has 1 aromatic heterocycles. The molecule has 0 spiro atoms. The number of hydrogen-bond acceptors (Lipinski definition) is 3. The molecule has 116 valence electrons. The average molecular weight is 315 g/mol. The maximum absolute atomic E-state index is 11.6. The van der Waals surface area contributed by atoms with Gasteiger partial charge in [0.25, 0.3) is 0 Å². The lowest BCUT2D eigenvalue weighted by Crippen LogP contribution is -2.39. The number of nitrogens with zero attached hydrogens (tertiary/aromatic N) is 1. The van der Waals surface area contributed by atoms with Crippen molar-refractivity contribution in [2.24, 2.45) is 0 Å². The molecule has 0 aliphatic carbocycles. The summed E-state index contributed by atoms with van der Waals surface area (Å²) in [5.74, 6) is -0.703. The molecule has 0 saturated carbocycles. The smallest absolute Gasteiger partial charge is 0.320 e. The summed E-state index contributed by atoms with van der Waals surface area (Å²) >= 11 is 1.73. The third-order valence-corrected chi connectivity index (χ3v) is 5.62. The van der Waals surface area contributed by atoms with Crippen LogP contribution < -0.4 is 0 Å². The van der Waals surface area contributed by atoms with Crippen LogP contribution in [0, 0.1) is 13.8 Å². The Morgan fingerprint density at radius 2 is 2.05 bits per heavy atom. The van der Waals surface area contributed by atoms with Crippen LogP contribution in [0.3, 0.4) is 0 Å². The van der Waals surface area contributed by atoms with Gasteiger partial charge in [-0.3, -0.25) is 9.69 Å². The normalized spacial score (nSPS) is 20.2. The summed E-state index contributed by atoms with van der Waals surface area (Å²) in [4.78, 5) is 15.1. The van der Waals surface area contributed by atoms with Gasteiger partial charge in [0, 0.05) is 11.4 Å². The van der Waals surface area contributed by atoms with Gasteiger partial charge in [-0.1, -0.05) is 24.3 Å². The Labute approximate surface area is 135 Å². The number of likely N-dealkylation sites (tertiary alicyclic amines) is 1. The van der Waals surface area contributed by atoms with E-state index in [0.717, 1.165) is 19.4 Å². The fraction of sp³-hybridized carbons (Fsp3) is 0.389. The van der Waals surface area contributed by atoms with Gasteiger partial charge >= 0.3 is 5.97 Å². The number of aliphatic carboxylic acids is 1. The summed E-state index contributed by atoms with van der Waals surface area (Å²) in [5, 5.41) is 11.7. The van der Waals surface area contributed by atoms with Crippen LogP contribution in [0.2, 0.25) is 0 Å². The molecule has 0 bridgehead atoms. The van der Waals surface area contributed by atoms with Gasteiger partial charge in [-0.2, -0.15) is 0 Å². The van der Waals surface area contributed by atoms with Crippen LogP contribution in [0.25, 0.3) is 0 Å². The molecule has 1 aliphatic heterocycles. The van der Waals surface area contributed by atoms with E-state index in [2.05, 4.69) is 42.3 Å². The molecular formula is C18H21NO2S. The quantitative estimate of drug-likeness (QED) is 0.927. The lowest BCUT2D eigenvalue weighted by molar-refractivity contribution is -0.142. The van der Waals surface area contributed by atoms with E-state index in [1.165, 1.54) is 21.6 Å². The standard InChI is InChI=1S/C18H21NO2S/c1-12-6-3-4-7-14(12)16(17-13(2)9-11-22-17)19-10-5-8-15(19)18(20)21/h3-4,6-7,9,11,15-16H,5,8,10H2,1-2H3,(H,20,21). The highest BCUT2D eigenvalue weighted by atomic mass is 32.1. The van der Waals surface area contributed by atoms with Crippen molar-refractivity contribution in [1.82, 2.24) is 4.90 Å². The number of hydrogen-bond donors (Lipinski definition) is 1. The summed E-state index contributed by atoms with van der Waals surface area (Å²) in [6.07, 6.45) is 1.69. The van der Waals surface area contributed by atoms with Crippen LogP contribution in [0.5, 0.6) is 0 Å². The lowest BCUT2D eigenvalue weighted by atomic mass is 9.96. The van der Waals surface area contributed by atoms with Crippen LogP contribution in [0.1, 0.15) is 40.5 Å². The van der Waals surface area contributed by atoms with E-state index in [0.29, 0.717) is 0 Å². The Kier molecular flexibility index (Phi) is 4.32. The summed E-state index contributed by atoms with van der Waals surface area (Å²) in [6, 6.07) is 10.1. The third kappa shape index (κ3) is 2.69. The third-order valence-electron chi connectivity index (χ3n) is 4.54. The van der Waals surface area contributed by atoms with Crippen molar-refractivity contribution in [2.45, 2.75) is 38.8 Å². The zero-order chi connectivity index (χ0) is 15.7. The minimum Gasteiger partial charge on any atom is -0.480 e. The van der Waals surface area contributed by atoms with Crippen LogP contribution in [-0.4, -0.2) is 28.6 Å². The molecule has 1 N–H and O–H groups in total. The molecule has 2 unspecified atom stereocenters. The molecule has 3 rings (SSSR count). The predicted molar refractivity (Wildman–Crippen MR) is 89.4 cm³/mol. The van der Waals surface area contributed by atoms with Crippen molar-refractivity contribution in [3.8, 4) is 0 Å². The first-order valence-corrected chi connectivity index (χ1v) is 8.55. The first-order valence-electron chi connectivity index (χ1n) is 7.67.